The SMILES string of the molecule is C[N+]1=CN(Cc2ccccc2)c2cccc3cccc1c23. The van der Waals surface area contributed by atoms with E-state index in [-0.39, 0.29) is 0 Å². The second-order valence-electron chi connectivity index (χ2n) is 5.49. The number of nitrogens with zero attached hydrogens (tertiary/aromatic N) is 2. The summed E-state index contributed by atoms with van der Waals surface area (Å²) < 4.78 is 2.21. The lowest BCUT2D eigenvalue weighted by Gasteiger charge is -2.22. The first kappa shape index (κ1) is 12.2. The van der Waals surface area contributed by atoms with E-state index in [1.807, 2.05) is 0 Å². The van der Waals surface area contributed by atoms with Crippen LogP contribution in [0.25, 0.3) is 10.8 Å². The Kier molecular flexibility index (Phi) is 2.74. The molecule has 0 aromatic heterocycles. The molecule has 3 aromatic rings. The van der Waals surface area contributed by atoms with E-state index in [1.165, 1.54) is 27.7 Å². The Balaban J connectivity index is 1.87. The first-order chi connectivity index (χ1) is 10.3. The Morgan fingerprint density at radius 1 is 0.857 bits per heavy atom. The van der Waals surface area contributed by atoms with Gasteiger partial charge in [-0.15, -0.1) is 0 Å². The first-order valence-electron chi connectivity index (χ1n) is 7.23. The largest absolute Gasteiger partial charge is 0.244 e. The van der Waals surface area contributed by atoms with E-state index >= 15 is 0 Å². The summed E-state index contributed by atoms with van der Waals surface area (Å²) in [7, 11) is 2.11. The second kappa shape index (κ2) is 4.74. The molecule has 2 nitrogen and oxygen atoms in total. The summed E-state index contributed by atoms with van der Waals surface area (Å²) in [6, 6.07) is 23.6. The van der Waals surface area contributed by atoms with Crippen LogP contribution in [0, 0.1) is 0 Å². The molecule has 21 heavy (non-hydrogen) atoms. The summed E-state index contributed by atoms with van der Waals surface area (Å²) in [4.78, 5) is 2.32. The van der Waals surface area contributed by atoms with Gasteiger partial charge < -0.3 is 0 Å². The van der Waals surface area contributed by atoms with Gasteiger partial charge in [-0.2, -0.15) is 0 Å². The lowest BCUT2D eigenvalue weighted by molar-refractivity contribution is -0.399. The predicted molar refractivity (Wildman–Crippen MR) is 88.5 cm³/mol. The van der Waals surface area contributed by atoms with Crippen molar-refractivity contribution in [3.05, 3.63) is 72.3 Å². The highest BCUT2D eigenvalue weighted by Gasteiger charge is 2.24. The number of hydrogen-bond donors (Lipinski definition) is 0. The Morgan fingerprint density at radius 2 is 1.62 bits per heavy atom. The monoisotopic (exact) mass is 273 g/mol. The van der Waals surface area contributed by atoms with Crippen LogP contribution in [0.4, 0.5) is 11.4 Å². The van der Waals surface area contributed by atoms with Crippen LogP contribution in [-0.4, -0.2) is 18.0 Å². The molecule has 1 aliphatic heterocycles. The smallest absolute Gasteiger partial charge is 0.236 e. The summed E-state index contributed by atoms with van der Waals surface area (Å²) in [5.74, 6) is 0. The van der Waals surface area contributed by atoms with Gasteiger partial charge in [0, 0.05) is 0 Å². The normalized spacial score (nSPS) is 13.4. The molecular weight excluding hydrogens is 256 g/mol. The van der Waals surface area contributed by atoms with Crippen LogP contribution >= 0.6 is 0 Å². The maximum absolute atomic E-state index is 2.32. The van der Waals surface area contributed by atoms with Crippen LogP contribution in [0.1, 0.15) is 5.56 Å². The molecule has 3 aromatic carbocycles. The summed E-state index contributed by atoms with van der Waals surface area (Å²) in [6.45, 7) is 0.888. The number of hydrogen-bond acceptors (Lipinski definition) is 1. The van der Waals surface area contributed by atoms with Crippen molar-refractivity contribution in [1.29, 1.82) is 0 Å². The van der Waals surface area contributed by atoms with Crippen molar-refractivity contribution in [1.82, 2.24) is 0 Å². The fourth-order valence-electron chi connectivity index (χ4n) is 3.07. The van der Waals surface area contributed by atoms with Gasteiger partial charge in [0.15, 0.2) is 0 Å². The third-order valence-electron chi connectivity index (χ3n) is 4.06. The van der Waals surface area contributed by atoms with Gasteiger partial charge in [0.2, 0.25) is 6.34 Å². The van der Waals surface area contributed by atoms with Crippen LogP contribution in [0.5, 0.6) is 0 Å². The van der Waals surface area contributed by atoms with Crippen LogP contribution in [0.15, 0.2) is 66.7 Å². The zero-order chi connectivity index (χ0) is 14.2. The van der Waals surface area contributed by atoms with Crippen LogP contribution < -0.4 is 4.90 Å². The van der Waals surface area contributed by atoms with Gasteiger partial charge in [-0.1, -0.05) is 54.6 Å². The van der Waals surface area contributed by atoms with Gasteiger partial charge in [0.1, 0.15) is 17.9 Å². The molecule has 2 heteroatoms. The molecule has 0 fully saturated rings. The molecule has 0 amide bonds. The van der Waals surface area contributed by atoms with Crippen molar-refractivity contribution in [2.24, 2.45) is 0 Å². The average molecular weight is 273 g/mol. The molecule has 0 unspecified atom stereocenters. The maximum atomic E-state index is 2.32. The van der Waals surface area contributed by atoms with Gasteiger partial charge in [-0.05, 0) is 23.1 Å². The molecule has 0 atom stereocenters. The van der Waals surface area contributed by atoms with Crippen LogP contribution in [-0.2, 0) is 6.54 Å². The minimum atomic E-state index is 0.888. The zero-order valence-corrected chi connectivity index (χ0v) is 12.0. The molecule has 0 spiro atoms. The van der Waals surface area contributed by atoms with Crippen molar-refractivity contribution in [3.63, 3.8) is 0 Å². The van der Waals surface area contributed by atoms with E-state index in [0.29, 0.717) is 0 Å². The van der Waals surface area contributed by atoms with Crippen molar-refractivity contribution >= 4 is 28.5 Å². The molecule has 4 rings (SSSR count). The van der Waals surface area contributed by atoms with Crippen molar-refractivity contribution in [2.75, 3.05) is 11.9 Å². The van der Waals surface area contributed by atoms with E-state index in [9.17, 15) is 0 Å². The highest BCUT2D eigenvalue weighted by Crippen LogP contribution is 2.36. The van der Waals surface area contributed by atoms with E-state index < -0.39 is 0 Å². The quantitative estimate of drug-likeness (QED) is 0.635. The Bertz CT molecular complexity index is 829. The molecule has 0 radical (unpaired) electrons. The Hall–Kier alpha value is -2.61. The summed E-state index contributed by atoms with van der Waals surface area (Å²) in [5.41, 5.74) is 3.87. The van der Waals surface area contributed by atoms with Gasteiger partial charge in [-0.25, -0.2) is 9.48 Å². The molecule has 1 aliphatic rings. The van der Waals surface area contributed by atoms with E-state index in [4.69, 9.17) is 0 Å². The summed E-state index contributed by atoms with van der Waals surface area (Å²) >= 11 is 0. The highest BCUT2D eigenvalue weighted by molar-refractivity contribution is 6.06. The standard InChI is InChI=1S/C19H17N2/c1-20-14-21(13-15-7-3-2-4-8-15)18-12-6-10-16-9-5-11-17(20)19(16)18/h2-12,14H,13H2,1H3/q+1. The second-order valence-corrected chi connectivity index (χ2v) is 5.49. The van der Waals surface area contributed by atoms with Gasteiger partial charge in [0.05, 0.1) is 12.4 Å². The fourth-order valence-corrected chi connectivity index (χ4v) is 3.07. The van der Waals surface area contributed by atoms with E-state index in [2.05, 4.69) is 89.6 Å². The third-order valence-corrected chi connectivity index (χ3v) is 4.06. The third kappa shape index (κ3) is 2.00. The van der Waals surface area contributed by atoms with Crippen molar-refractivity contribution in [2.45, 2.75) is 6.54 Å². The van der Waals surface area contributed by atoms with Crippen LogP contribution in [0.3, 0.4) is 0 Å². The van der Waals surface area contributed by atoms with E-state index in [1.54, 1.807) is 0 Å². The van der Waals surface area contributed by atoms with Gasteiger partial charge >= 0.3 is 0 Å². The topological polar surface area (TPSA) is 6.25 Å². The lowest BCUT2D eigenvalue weighted by Crippen LogP contribution is -2.28. The molecular formula is C19H17N2+. The molecule has 0 N–H and O–H groups in total. The lowest BCUT2D eigenvalue weighted by atomic mass is 10.0. The summed E-state index contributed by atoms with van der Waals surface area (Å²) in [5, 5.41) is 2.63. The number of rotatable bonds is 2. The average Bonchev–Trinajstić information content (AvgIpc) is 2.53. The number of benzene rings is 3. The summed E-state index contributed by atoms with van der Waals surface area (Å²) in [6.07, 6.45) is 2.18. The minimum absolute atomic E-state index is 0.888. The van der Waals surface area contributed by atoms with Crippen molar-refractivity contribution < 1.29 is 4.58 Å². The maximum Gasteiger partial charge on any atom is 0.244 e. The highest BCUT2D eigenvalue weighted by atomic mass is 15.2. The fraction of sp³-hybridized carbons (Fsp3) is 0.105. The minimum Gasteiger partial charge on any atom is -0.236 e. The van der Waals surface area contributed by atoms with Crippen molar-refractivity contribution in [3.8, 4) is 0 Å². The Labute approximate surface area is 124 Å². The molecule has 0 aliphatic carbocycles. The van der Waals surface area contributed by atoms with Gasteiger partial charge in [-0.3, -0.25) is 0 Å². The molecule has 0 bridgehead atoms. The molecule has 0 saturated carbocycles. The predicted octanol–water partition coefficient (Wildman–Crippen LogP) is 4.16. The molecule has 102 valence electrons. The number of anilines is 1. The molecule has 1 heterocycles. The van der Waals surface area contributed by atoms with Crippen LogP contribution in [0.2, 0.25) is 0 Å². The van der Waals surface area contributed by atoms with E-state index in [0.717, 1.165) is 6.54 Å². The first-order valence-corrected chi connectivity index (χ1v) is 7.23. The Morgan fingerprint density at radius 3 is 2.43 bits per heavy atom. The van der Waals surface area contributed by atoms with Gasteiger partial charge in [0.25, 0.3) is 0 Å². The molecule has 0 saturated heterocycles. The zero-order valence-electron chi connectivity index (χ0n) is 12.0.